The molecule has 1 aromatic carbocycles. The number of hydrogen-bond donors (Lipinski definition) is 0. The molecule has 1 fully saturated rings. The van der Waals surface area contributed by atoms with Gasteiger partial charge in [0.1, 0.15) is 11.6 Å². The topological polar surface area (TPSA) is 38.2 Å². The van der Waals surface area contributed by atoms with E-state index in [-0.39, 0.29) is 5.41 Å². The number of rotatable bonds is 3. The molecule has 0 spiro atoms. The zero-order chi connectivity index (χ0) is 15.7. The van der Waals surface area contributed by atoms with E-state index in [4.69, 9.17) is 9.72 Å². The Hall–Kier alpha value is -1.62. The van der Waals surface area contributed by atoms with Gasteiger partial charge < -0.3 is 9.64 Å². The molecule has 1 aliphatic heterocycles. The molecule has 1 saturated heterocycles. The van der Waals surface area contributed by atoms with Gasteiger partial charge in [-0.05, 0) is 18.9 Å². The van der Waals surface area contributed by atoms with Crippen molar-refractivity contribution in [1.82, 2.24) is 9.36 Å². The van der Waals surface area contributed by atoms with E-state index in [1.807, 2.05) is 12.1 Å². The summed E-state index contributed by atoms with van der Waals surface area (Å²) in [7, 11) is 1.74. The summed E-state index contributed by atoms with van der Waals surface area (Å²) >= 11 is 1.51. The summed E-state index contributed by atoms with van der Waals surface area (Å²) in [5, 5.41) is 1.03. The molecule has 1 atom stereocenters. The monoisotopic (exact) mass is 317 g/mol. The summed E-state index contributed by atoms with van der Waals surface area (Å²) in [4.78, 5) is 7.17. The second-order valence-corrected chi connectivity index (χ2v) is 7.47. The highest BCUT2D eigenvalue weighted by atomic mass is 32.1. The van der Waals surface area contributed by atoms with E-state index in [1.165, 1.54) is 23.5 Å². The van der Waals surface area contributed by atoms with Crippen molar-refractivity contribution in [3.05, 3.63) is 35.7 Å². The molecule has 118 valence electrons. The lowest BCUT2D eigenvalue weighted by Crippen LogP contribution is -2.23. The molecule has 0 aliphatic carbocycles. The first-order valence-electron chi connectivity index (χ1n) is 7.74. The van der Waals surface area contributed by atoms with E-state index >= 15 is 0 Å². The third kappa shape index (κ3) is 2.82. The largest absolute Gasteiger partial charge is 0.496 e. The minimum Gasteiger partial charge on any atom is -0.496 e. The van der Waals surface area contributed by atoms with Crippen LogP contribution in [0.15, 0.2) is 24.3 Å². The van der Waals surface area contributed by atoms with Gasteiger partial charge in [-0.2, -0.15) is 4.37 Å². The van der Waals surface area contributed by atoms with Crippen LogP contribution < -0.4 is 9.64 Å². The molecule has 0 N–H and O–H groups in total. The van der Waals surface area contributed by atoms with Crippen LogP contribution in [0.5, 0.6) is 5.75 Å². The highest BCUT2D eigenvalue weighted by molar-refractivity contribution is 7.09. The molecule has 5 heteroatoms. The molecule has 2 aromatic rings. The highest BCUT2D eigenvalue weighted by Crippen LogP contribution is 2.40. The summed E-state index contributed by atoms with van der Waals surface area (Å²) < 4.78 is 10.1. The van der Waals surface area contributed by atoms with Crippen LogP contribution in [0.25, 0.3) is 0 Å². The van der Waals surface area contributed by atoms with E-state index < -0.39 is 0 Å². The maximum absolute atomic E-state index is 5.54. The number of para-hydroxylation sites is 1. The van der Waals surface area contributed by atoms with Crippen molar-refractivity contribution in [1.29, 1.82) is 0 Å². The predicted molar refractivity (Wildman–Crippen MR) is 90.9 cm³/mol. The third-order valence-corrected chi connectivity index (χ3v) is 4.84. The van der Waals surface area contributed by atoms with Crippen molar-refractivity contribution in [2.75, 3.05) is 18.6 Å². The van der Waals surface area contributed by atoms with E-state index in [9.17, 15) is 0 Å². The Balaban J connectivity index is 1.92. The summed E-state index contributed by atoms with van der Waals surface area (Å²) in [5.74, 6) is 1.89. The summed E-state index contributed by atoms with van der Waals surface area (Å²) in [6, 6.07) is 8.62. The second kappa shape index (κ2) is 5.88. The smallest absolute Gasteiger partial charge is 0.205 e. The molecule has 0 bridgehead atoms. The third-order valence-electron chi connectivity index (χ3n) is 4.08. The first-order chi connectivity index (χ1) is 10.5. The molecule has 1 unspecified atom stereocenters. The Labute approximate surface area is 136 Å². The fraction of sp³-hybridized carbons (Fsp3) is 0.529. The van der Waals surface area contributed by atoms with Crippen molar-refractivity contribution >= 4 is 16.7 Å². The number of benzene rings is 1. The minimum absolute atomic E-state index is 0.00555. The van der Waals surface area contributed by atoms with E-state index in [0.717, 1.165) is 29.7 Å². The van der Waals surface area contributed by atoms with Gasteiger partial charge in [0.15, 0.2) is 0 Å². The second-order valence-electron chi connectivity index (χ2n) is 6.74. The highest BCUT2D eigenvalue weighted by Gasteiger charge is 2.31. The SMILES string of the molecule is COc1ccccc1C1CCCN1c1nc(C(C)(C)C)ns1. The van der Waals surface area contributed by atoms with Crippen molar-refractivity contribution in [2.45, 2.75) is 45.1 Å². The van der Waals surface area contributed by atoms with Gasteiger partial charge in [-0.3, -0.25) is 0 Å². The van der Waals surface area contributed by atoms with Crippen LogP contribution in [0, 0.1) is 0 Å². The molecular formula is C17H23N3OS. The quantitative estimate of drug-likeness (QED) is 0.851. The molecule has 3 rings (SSSR count). The van der Waals surface area contributed by atoms with Gasteiger partial charge in [0, 0.05) is 29.1 Å². The Morgan fingerprint density at radius 3 is 2.73 bits per heavy atom. The number of hydrogen-bond acceptors (Lipinski definition) is 5. The van der Waals surface area contributed by atoms with Crippen molar-refractivity contribution in [3.8, 4) is 5.75 Å². The summed E-state index contributed by atoms with van der Waals surface area (Å²) in [6.07, 6.45) is 2.30. The molecule has 0 saturated carbocycles. The average Bonchev–Trinajstić information content (AvgIpc) is 3.15. The maximum Gasteiger partial charge on any atom is 0.205 e. The standard InChI is InChI=1S/C17H23N3OS/c1-17(2,3)15-18-16(22-19-15)20-11-7-9-13(20)12-8-5-6-10-14(12)21-4/h5-6,8,10,13H,7,9,11H2,1-4H3. The van der Waals surface area contributed by atoms with E-state index in [0.29, 0.717) is 6.04 Å². The number of ether oxygens (including phenoxy) is 1. The molecule has 0 radical (unpaired) electrons. The molecular weight excluding hydrogens is 294 g/mol. The first kappa shape index (κ1) is 15.3. The molecule has 1 aliphatic rings. The van der Waals surface area contributed by atoms with Crippen molar-refractivity contribution < 1.29 is 4.74 Å². The van der Waals surface area contributed by atoms with Crippen LogP contribution in [-0.2, 0) is 5.41 Å². The van der Waals surface area contributed by atoms with Gasteiger partial charge >= 0.3 is 0 Å². The lowest BCUT2D eigenvalue weighted by molar-refractivity contribution is 0.405. The van der Waals surface area contributed by atoms with Crippen LogP contribution in [0.4, 0.5) is 5.13 Å². The van der Waals surface area contributed by atoms with Crippen LogP contribution in [-0.4, -0.2) is 23.0 Å². The van der Waals surface area contributed by atoms with Crippen LogP contribution in [0.3, 0.4) is 0 Å². The Bertz CT molecular complexity index is 647. The average molecular weight is 317 g/mol. The van der Waals surface area contributed by atoms with Gasteiger partial charge in [0.2, 0.25) is 5.13 Å². The Kier molecular flexibility index (Phi) is 4.08. The summed E-state index contributed by atoms with van der Waals surface area (Å²) in [5.41, 5.74) is 1.24. The number of aromatic nitrogens is 2. The Morgan fingerprint density at radius 2 is 2.05 bits per heavy atom. The minimum atomic E-state index is -0.00555. The number of nitrogens with zero attached hydrogens (tertiary/aromatic N) is 3. The van der Waals surface area contributed by atoms with Gasteiger partial charge in [-0.25, -0.2) is 4.98 Å². The molecule has 22 heavy (non-hydrogen) atoms. The van der Waals surface area contributed by atoms with Gasteiger partial charge in [-0.1, -0.05) is 39.0 Å². The molecule has 4 nitrogen and oxygen atoms in total. The number of anilines is 1. The normalized spacial score (nSPS) is 18.7. The fourth-order valence-electron chi connectivity index (χ4n) is 2.90. The predicted octanol–water partition coefficient (Wildman–Crippen LogP) is 4.19. The van der Waals surface area contributed by atoms with Crippen LogP contribution in [0.2, 0.25) is 0 Å². The van der Waals surface area contributed by atoms with E-state index in [1.54, 1.807) is 7.11 Å². The molecule has 1 aromatic heterocycles. The van der Waals surface area contributed by atoms with E-state index in [2.05, 4.69) is 42.2 Å². The van der Waals surface area contributed by atoms with Gasteiger partial charge in [0.25, 0.3) is 0 Å². The van der Waals surface area contributed by atoms with Crippen molar-refractivity contribution in [2.24, 2.45) is 0 Å². The first-order valence-corrected chi connectivity index (χ1v) is 8.52. The number of methoxy groups -OCH3 is 1. The van der Waals surface area contributed by atoms with Gasteiger partial charge in [-0.15, -0.1) is 0 Å². The van der Waals surface area contributed by atoms with Gasteiger partial charge in [0.05, 0.1) is 13.2 Å². The van der Waals surface area contributed by atoms with Crippen LogP contribution in [0.1, 0.15) is 51.0 Å². The lowest BCUT2D eigenvalue weighted by Gasteiger charge is -2.25. The molecule has 2 heterocycles. The van der Waals surface area contributed by atoms with Crippen molar-refractivity contribution in [3.63, 3.8) is 0 Å². The molecule has 0 amide bonds. The van der Waals surface area contributed by atoms with Crippen LogP contribution >= 0.6 is 11.5 Å². The lowest BCUT2D eigenvalue weighted by atomic mass is 9.96. The Morgan fingerprint density at radius 1 is 1.27 bits per heavy atom. The fourth-order valence-corrected chi connectivity index (χ4v) is 3.83. The zero-order valence-electron chi connectivity index (χ0n) is 13.7. The zero-order valence-corrected chi connectivity index (χ0v) is 14.5. The maximum atomic E-state index is 5.54. The summed E-state index contributed by atoms with van der Waals surface area (Å²) in [6.45, 7) is 7.49.